The molecule has 0 saturated carbocycles. The lowest BCUT2D eigenvalue weighted by molar-refractivity contribution is 0.0981. The Bertz CT molecular complexity index is 992. The highest BCUT2D eigenvalue weighted by atomic mass is 79.9. The van der Waals surface area contributed by atoms with E-state index in [2.05, 4.69) is 45.4 Å². The molecule has 0 saturated heterocycles. The Morgan fingerprint density at radius 3 is 2.84 bits per heavy atom. The van der Waals surface area contributed by atoms with E-state index in [4.69, 9.17) is 0 Å². The van der Waals surface area contributed by atoms with Crippen molar-refractivity contribution in [3.63, 3.8) is 0 Å². The monoisotopic (exact) mass is 397 g/mol. The zero-order valence-corrected chi connectivity index (χ0v) is 16.2. The first-order valence-corrected chi connectivity index (χ1v) is 9.36. The molecule has 128 valence electrons. The van der Waals surface area contributed by atoms with Crippen molar-refractivity contribution in [1.29, 1.82) is 0 Å². The summed E-state index contributed by atoms with van der Waals surface area (Å²) in [6.07, 6.45) is 1.76. The number of anilines is 1. The van der Waals surface area contributed by atoms with Crippen molar-refractivity contribution in [3.05, 3.63) is 57.8 Å². The van der Waals surface area contributed by atoms with Gasteiger partial charge >= 0.3 is 0 Å². The number of aromatic nitrogens is 2. The summed E-state index contributed by atoms with van der Waals surface area (Å²) >= 11 is 3.52. The summed E-state index contributed by atoms with van der Waals surface area (Å²) in [6.45, 7) is 4.19. The SMILES string of the molecule is CCc1nc2cc(C(=O)N3c4ccc(Br)cc4CC3C)ccc2n1C. The maximum Gasteiger partial charge on any atom is 0.258 e. The van der Waals surface area contributed by atoms with Crippen LogP contribution >= 0.6 is 15.9 Å². The maximum absolute atomic E-state index is 13.2. The minimum atomic E-state index is 0.0409. The molecule has 2 heterocycles. The zero-order valence-electron chi connectivity index (χ0n) is 14.6. The Labute approximate surface area is 155 Å². The summed E-state index contributed by atoms with van der Waals surface area (Å²) in [5.74, 6) is 1.07. The fraction of sp³-hybridized carbons (Fsp3) is 0.300. The second-order valence-corrected chi connectivity index (χ2v) is 7.56. The van der Waals surface area contributed by atoms with Crippen molar-refractivity contribution in [2.75, 3.05) is 4.90 Å². The number of hydrogen-bond acceptors (Lipinski definition) is 2. The third kappa shape index (κ3) is 2.58. The van der Waals surface area contributed by atoms with E-state index in [0.717, 1.165) is 39.9 Å². The first kappa shape index (κ1) is 16.3. The Kier molecular flexibility index (Phi) is 3.91. The molecule has 1 unspecified atom stereocenters. The number of hydrogen-bond donors (Lipinski definition) is 0. The third-order valence-corrected chi connectivity index (χ3v) is 5.51. The number of rotatable bonds is 2. The van der Waals surface area contributed by atoms with Crippen LogP contribution in [0.15, 0.2) is 40.9 Å². The minimum Gasteiger partial charge on any atom is -0.331 e. The number of halogens is 1. The molecule has 0 N–H and O–H groups in total. The number of aryl methyl sites for hydroxylation is 2. The molecule has 0 radical (unpaired) electrons. The maximum atomic E-state index is 13.2. The van der Waals surface area contributed by atoms with Crippen LogP contribution in [0.2, 0.25) is 0 Å². The van der Waals surface area contributed by atoms with Gasteiger partial charge in [-0.3, -0.25) is 4.79 Å². The quantitative estimate of drug-likeness (QED) is 0.638. The minimum absolute atomic E-state index is 0.0409. The second kappa shape index (κ2) is 5.99. The molecule has 0 fully saturated rings. The predicted molar refractivity (Wildman–Crippen MR) is 104 cm³/mol. The van der Waals surface area contributed by atoms with E-state index in [0.29, 0.717) is 5.56 Å². The normalized spacial score (nSPS) is 16.5. The third-order valence-electron chi connectivity index (χ3n) is 5.01. The van der Waals surface area contributed by atoms with Gasteiger partial charge in [0.2, 0.25) is 0 Å². The van der Waals surface area contributed by atoms with E-state index in [1.165, 1.54) is 5.56 Å². The van der Waals surface area contributed by atoms with Crippen LogP contribution in [0.25, 0.3) is 11.0 Å². The van der Waals surface area contributed by atoms with Gasteiger partial charge in [0, 0.05) is 35.2 Å². The van der Waals surface area contributed by atoms with Crippen molar-refractivity contribution in [2.45, 2.75) is 32.7 Å². The van der Waals surface area contributed by atoms with Crippen LogP contribution in [0.3, 0.4) is 0 Å². The lowest BCUT2D eigenvalue weighted by Crippen LogP contribution is -2.35. The molecule has 1 atom stereocenters. The zero-order chi connectivity index (χ0) is 17.7. The van der Waals surface area contributed by atoms with Crippen molar-refractivity contribution < 1.29 is 4.79 Å². The van der Waals surface area contributed by atoms with Gasteiger partial charge in [-0.15, -0.1) is 0 Å². The number of imidazole rings is 1. The number of carbonyl (C=O) groups excluding carboxylic acids is 1. The Hall–Kier alpha value is -2.14. The molecule has 0 spiro atoms. The first-order valence-electron chi connectivity index (χ1n) is 8.57. The lowest BCUT2D eigenvalue weighted by atomic mass is 10.1. The van der Waals surface area contributed by atoms with Crippen LogP contribution in [0.5, 0.6) is 0 Å². The number of fused-ring (bicyclic) bond motifs is 2. The van der Waals surface area contributed by atoms with E-state index in [-0.39, 0.29) is 11.9 Å². The molecule has 1 amide bonds. The van der Waals surface area contributed by atoms with Crippen molar-refractivity contribution >= 4 is 38.6 Å². The number of carbonyl (C=O) groups is 1. The molecule has 0 aliphatic carbocycles. The highest BCUT2D eigenvalue weighted by Crippen LogP contribution is 2.35. The van der Waals surface area contributed by atoms with Crippen molar-refractivity contribution in [1.82, 2.24) is 9.55 Å². The molecule has 1 aromatic heterocycles. The molecule has 25 heavy (non-hydrogen) atoms. The van der Waals surface area contributed by atoms with Crippen LogP contribution in [0.4, 0.5) is 5.69 Å². The number of amides is 1. The van der Waals surface area contributed by atoms with Crippen LogP contribution in [-0.2, 0) is 19.9 Å². The van der Waals surface area contributed by atoms with Gasteiger partial charge in [0.05, 0.1) is 11.0 Å². The van der Waals surface area contributed by atoms with Gasteiger partial charge in [-0.2, -0.15) is 0 Å². The smallest absolute Gasteiger partial charge is 0.258 e. The highest BCUT2D eigenvalue weighted by Gasteiger charge is 2.31. The van der Waals surface area contributed by atoms with Crippen molar-refractivity contribution in [3.8, 4) is 0 Å². The fourth-order valence-electron chi connectivity index (χ4n) is 3.75. The number of benzene rings is 2. The van der Waals surface area contributed by atoms with Gasteiger partial charge in [-0.05, 0) is 55.3 Å². The summed E-state index contributed by atoms with van der Waals surface area (Å²) in [6, 6.07) is 12.1. The van der Waals surface area contributed by atoms with E-state index in [1.807, 2.05) is 42.3 Å². The van der Waals surface area contributed by atoms with Gasteiger partial charge in [-0.25, -0.2) is 4.98 Å². The fourth-order valence-corrected chi connectivity index (χ4v) is 4.16. The van der Waals surface area contributed by atoms with Gasteiger partial charge in [0.1, 0.15) is 5.82 Å². The van der Waals surface area contributed by atoms with E-state index >= 15 is 0 Å². The largest absolute Gasteiger partial charge is 0.331 e. The Morgan fingerprint density at radius 1 is 1.28 bits per heavy atom. The van der Waals surface area contributed by atoms with E-state index < -0.39 is 0 Å². The summed E-state index contributed by atoms with van der Waals surface area (Å²) in [4.78, 5) is 19.8. The van der Waals surface area contributed by atoms with Gasteiger partial charge in [-0.1, -0.05) is 22.9 Å². The summed E-state index contributed by atoms with van der Waals surface area (Å²) < 4.78 is 3.14. The van der Waals surface area contributed by atoms with Gasteiger partial charge in [0.25, 0.3) is 5.91 Å². The van der Waals surface area contributed by atoms with E-state index in [1.54, 1.807) is 0 Å². The Morgan fingerprint density at radius 2 is 2.08 bits per heavy atom. The van der Waals surface area contributed by atoms with Gasteiger partial charge < -0.3 is 9.47 Å². The standard InChI is InChI=1S/C20H20BrN3O/c1-4-19-22-16-11-13(5-7-18(16)23(19)3)20(25)24-12(2)9-14-10-15(21)6-8-17(14)24/h5-8,10-12H,4,9H2,1-3H3. The molecule has 4 rings (SSSR count). The molecular weight excluding hydrogens is 378 g/mol. The molecule has 0 bridgehead atoms. The van der Waals surface area contributed by atoms with Crippen LogP contribution in [-0.4, -0.2) is 21.5 Å². The molecule has 1 aliphatic rings. The van der Waals surface area contributed by atoms with Crippen LogP contribution < -0.4 is 4.90 Å². The lowest BCUT2D eigenvalue weighted by Gasteiger charge is -2.23. The van der Waals surface area contributed by atoms with E-state index in [9.17, 15) is 4.79 Å². The second-order valence-electron chi connectivity index (χ2n) is 6.65. The average molecular weight is 398 g/mol. The summed E-state index contributed by atoms with van der Waals surface area (Å²) in [5, 5.41) is 0. The average Bonchev–Trinajstić information content (AvgIpc) is 3.09. The number of nitrogens with zero attached hydrogens (tertiary/aromatic N) is 3. The Balaban J connectivity index is 1.75. The molecule has 1 aliphatic heterocycles. The van der Waals surface area contributed by atoms with Crippen molar-refractivity contribution in [2.24, 2.45) is 7.05 Å². The van der Waals surface area contributed by atoms with Gasteiger partial charge in [0.15, 0.2) is 0 Å². The molecular formula is C20H20BrN3O. The van der Waals surface area contributed by atoms with Crippen LogP contribution in [0.1, 0.15) is 35.6 Å². The predicted octanol–water partition coefficient (Wildman–Crippen LogP) is 4.49. The molecule has 5 heteroatoms. The molecule has 2 aromatic carbocycles. The van der Waals surface area contributed by atoms with Crippen LogP contribution in [0, 0.1) is 0 Å². The highest BCUT2D eigenvalue weighted by molar-refractivity contribution is 9.10. The molecule has 4 nitrogen and oxygen atoms in total. The molecule has 3 aromatic rings. The summed E-state index contributed by atoms with van der Waals surface area (Å²) in [7, 11) is 2.02. The summed E-state index contributed by atoms with van der Waals surface area (Å²) in [5.41, 5.74) is 4.86. The first-order chi connectivity index (χ1) is 12.0. The topological polar surface area (TPSA) is 38.1 Å².